The fraction of sp³-hybridized carbons (Fsp3) is 0.400. The maximum absolute atomic E-state index is 4.20. The van der Waals surface area contributed by atoms with E-state index in [9.17, 15) is 0 Å². The van der Waals surface area contributed by atoms with Crippen LogP contribution in [0.4, 0.5) is 5.69 Å². The zero-order chi connectivity index (χ0) is 12.9. The molecule has 0 saturated heterocycles. The Bertz CT molecular complexity index is 519. The Labute approximate surface area is 113 Å². The van der Waals surface area contributed by atoms with Crippen molar-refractivity contribution in [1.29, 1.82) is 0 Å². The molecule has 19 heavy (non-hydrogen) atoms. The molecule has 0 amide bonds. The van der Waals surface area contributed by atoms with Crippen molar-refractivity contribution in [2.24, 2.45) is 0 Å². The molecule has 0 radical (unpaired) electrons. The average Bonchev–Trinajstić information content (AvgIpc) is 2.97. The summed E-state index contributed by atoms with van der Waals surface area (Å²) < 4.78 is 1.95. The molecular weight excluding hydrogens is 236 g/mol. The van der Waals surface area contributed by atoms with E-state index in [0.29, 0.717) is 0 Å². The highest BCUT2D eigenvalue weighted by Crippen LogP contribution is 2.25. The molecule has 0 fully saturated rings. The average molecular weight is 256 g/mol. The van der Waals surface area contributed by atoms with Gasteiger partial charge in [0, 0.05) is 37.7 Å². The molecule has 0 spiro atoms. The lowest BCUT2D eigenvalue weighted by Gasteiger charge is -2.21. The first-order valence-corrected chi connectivity index (χ1v) is 6.96. The van der Waals surface area contributed by atoms with Crippen molar-refractivity contribution in [3.8, 4) is 0 Å². The number of fused-ring (bicyclic) bond motifs is 1. The van der Waals surface area contributed by atoms with Gasteiger partial charge in [-0.05, 0) is 30.0 Å². The van der Waals surface area contributed by atoms with Crippen molar-refractivity contribution in [2.45, 2.75) is 25.9 Å². The molecule has 1 aromatic heterocycles. The number of para-hydroxylation sites is 1. The minimum Gasteiger partial charge on any atom is -0.385 e. The Morgan fingerprint density at radius 3 is 3.21 bits per heavy atom. The van der Waals surface area contributed by atoms with Gasteiger partial charge in [0.05, 0.1) is 6.54 Å². The second kappa shape index (κ2) is 5.89. The smallest absolute Gasteiger partial charge is 0.0534 e. The van der Waals surface area contributed by atoms with Gasteiger partial charge in [0.1, 0.15) is 0 Å². The van der Waals surface area contributed by atoms with Crippen LogP contribution in [0.5, 0.6) is 0 Å². The zero-order valence-corrected chi connectivity index (χ0v) is 11.1. The number of anilines is 1. The number of hydrogen-bond acceptors (Lipinski definition) is 3. The van der Waals surface area contributed by atoms with E-state index >= 15 is 0 Å². The molecule has 1 aromatic carbocycles. The number of nitrogens with one attached hydrogen (secondary N) is 2. The van der Waals surface area contributed by atoms with E-state index in [1.165, 1.54) is 29.7 Å². The van der Waals surface area contributed by atoms with E-state index in [-0.39, 0.29) is 0 Å². The first-order chi connectivity index (χ1) is 9.43. The lowest BCUT2D eigenvalue weighted by atomic mass is 9.99. The maximum Gasteiger partial charge on any atom is 0.0534 e. The summed E-state index contributed by atoms with van der Waals surface area (Å²) >= 11 is 0. The van der Waals surface area contributed by atoms with Crippen LogP contribution in [-0.2, 0) is 19.5 Å². The summed E-state index contributed by atoms with van der Waals surface area (Å²) in [7, 11) is 0. The van der Waals surface area contributed by atoms with Crippen molar-refractivity contribution in [3.05, 3.63) is 47.8 Å². The van der Waals surface area contributed by atoms with Gasteiger partial charge in [-0.3, -0.25) is 4.68 Å². The number of rotatable bonds is 5. The van der Waals surface area contributed by atoms with Gasteiger partial charge in [0.15, 0.2) is 0 Å². The number of nitrogens with zero attached hydrogens (tertiary/aromatic N) is 2. The quantitative estimate of drug-likeness (QED) is 0.804. The first-order valence-electron chi connectivity index (χ1n) is 6.96. The fourth-order valence-electron chi connectivity index (χ4n) is 2.58. The van der Waals surface area contributed by atoms with Gasteiger partial charge in [0.2, 0.25) is 0 Å². The van der Waals surface area contributed by atoms with Crippen LogP contribution in [0.2, 0.25) is 0 Å². The normalized spacial score (nSPS) is 13.9. The molecular formula is C15H20N4. The SMILES string of the molecule is c1cc2c(c(CNCCn3cccn3)c1)NCCC2. The minimum absolute atomic E-state index is 0.912. The molecule has 0 saturated carbocycles. The molecule has 0 atom stereocenters. The fourth-order valence-corrected chi connectivity index (χ4v) is 2.58. The highest BCUT2D eigenvalue weighted by Gasteiger charge is 2.11. The van der Waals surface area contributed by atoms with E-state index in [1.807, 2.05) is 23.1 Å². The van der Waals surface area contributed by atoms with E-state index in [1.54, 1.807) is 0 Å². The van der Waals surface area contributed by atoms with Gasteiger partial charge >= 0.3 is 0 Å². The number of aromatic nitrogens is 2. The summed E-state index contributed by atoms with van der Waals surface area (Å²) in [6.45, 7) is 3.86. The Morgan fingerprint density at radius 2 is 2.32 bits per heavy atom. The molecule has 3 rings (SSSR count). The van der Waals surface area contributed by atoms with E-state index in [0.717, 1.165) is 26.2 Å². The first kappa shape index (κ1) is 12.2. The van der Waals surface area contributed by atoms with Gasteiger partial charge in [-0.1, -0.05) is 18.2 Å². The third-order valence-corrected chi connectivity index (χ3v) is 3.55. The maximum atomic E-state index is 4.20. The van der Waals surface area contributed by atoms with Crippen molar-refractivity contribution < 1.29 is 0 Å². The van der Waals surface area contributed by atoms with Gasteiger partial charge in [-0.25, -0.2) is 0 Å². The highest BCUT2D eigenvalue weighted by molar-refractivity contribution is 5.59. The largest absolute Gasteiger partial charge is 0.385 e. The second-order valence-corrected chi connectivity index (χ2v) is 4.93. The van der Waals surface area contributed by atoms with Gasteiger partial charge in [0.25, 0.3) is 0 Å². The summed E-state index contributed by atoms with van der Waals surface area (Å²) in [6, 6.07) is 8.56. The standard InChI is InChI=1S/C15H20N4/c1-4-13-6-2-7-17-15(13)14(5-1)12-16-9-11-19-10-3-8-18-19/h1,3-5,8,10,16-17H,2,6-7,9,11-12H2. The summed E-state index contributed by atoms with van der Waals surface area (Å²) in [5.74, 6) is 0. The molecule has 0 bridgehead atoms. The molecule has 4 nitrogen and oxygen atoms in total. The third-order valence-electron chi connectivity index (χ3n) is 3.55. The third kappa shape index (κ3) is 2.96. The summed E-state index contributed by atoms with van der Waals surface area (Å²) in [5.41, 5.74) is 4.18. The number of hydrogen-bond donors (Lipinski definition) is 2. The lowest BCUT2D eigenvalue weighted by Crippen LogP contribution is -2.22. The van der Waals surface area contributed by atoms with Crippen molar-refractivity contribution in [1.82, 2.24) is 15.1 Å². The Morgan fingerprint density at radius 1 is 1.32 bits per heavy atom. The van der Waals surface area contributed by atoms with Gasteiger partial charge < -0.3 is 10.6 Å². The van der Waals surface area contributed by atoms with Crippen LogP contribution in [0.3, 0.4) is 0 Å². The molecule has 0 aliphatic carbocycles. The Kier molecular flexibility index (Phi) is 3.79. The molecule has 2 N–H and O–H groups in total. The summed E-state index contributed by atoms with van der Waals surface area (Å²) in [6.07, 6.45) is 6.25. The van der Waals surface area contributed by atoms with Crippen LogP contribution < -0.4 is 10.6 Å². The monoisotopic (exact) mass is 256 g/mol. The molecule has 2 aromatic rings. The highest BCUT2D eigenvalue weighted by atomic mass is 15.3. The number of benzene rings is 1. The van der Waals surface area contributed by atoms with Crippen LogP contribution in [0.15, 0.2) is 36.7 Å². The Balaban J connectivity index is 1.55. The molecule has 1 aliphatic heterocycles. The Hall–Kier alpha value is -1.81. The second-order valence-electron chi connectivity index (χ2n) is 4.93. The molecule has 1 aliphatic rings. The van der Waals surface area contributed by atoms with Crippen LogP contribution in [-0.4, -0.2) is 22.9 Å². The van der Waals surface area contributed by atoms with Crippen molar-refractivity contribution in [3.63, 3.8) is 0 Å². The van der Waals surface area contributed by atoms with Crippen molar-refractivity contribution >= 4 is 5.69 Å². The summed E-state index contributed by atoms with van der Waals surface area (Å²) in [4.78, 5) is 0. The molecule has 2 heterocycles. The predicted molar refractivity (Wildman–Crippen MR) is 77.2 cm³/mol. The van der Waals surface area contributed by atoms with Crippen LogP contribution in [0, 0.1) is 0 Å². The van der Waals surface area contributed by atoms with Crippen LogP contribution >= 0.6 is 0 Å². The predicted octanol–water partition coefficient (Wildman–Crippen LogP) is 2.03. The van der Waals surface area contributed by atoms with E-state index in [2.05, 4.69) is 33.9 Å². The van der Waals surface area contributed by atoms with E-state index < -0.39 is 0 Å². The molecule has 4 heteroatoms. The molecule has 100 valence electrons. The lowest BCUT2D eigenvalue weighted by molar-refractivity contribution is 0.555. The van der Waals surface area contributed by atoms with Gasteiger partial charge in [-0.2, -0.15) is 5.10 Å². The van der Waals surface area contributed by atoms with Crippen molar-refractivity contribution in [2.75, 3.05) is 18.4 Å². The van der Waals surface area contributed by atoms with Crippen LogP contribution in [0.1, 0.15) is 17.5 Å². The van der Waals surface area contributed by atoms with E-state index in [4.69, 9.17) is 0 Å². The topological polar surface area (TPSA) is 41.9 Å². The summed E-state index contributed by atoms with van der Waals surface area (Å²) in [5, 5.41) is 11.2. The van der Waals surface area contributed by atoms with Crippen LogP contribution in [0.25, 0.3) is 0 Å². The van der Waals surface area contributed by atoms with Gasteiger partial charge in [-0.15, -0.1) is 0 Å². The number of aryl methyl sites for hydroxylation is 1. The zero-order valence-electron chi connectivity index (χ0n) is 11.1. The minimum atomic E-state index is 0.912. The molecule has 0 unspecified atom stereocenters.